The number of amides is 1. The third-order valence-electron chi connectivity index (χ3n) is 4.79. The number of rotatable bonds is 9. The van der Waals surface area contributed by atoms with E-state index >= 15 is 0 Å². The van der Waals surface area contributed by atoms with Crippen LogP contribution < -0.4 is 5.32 Å². The van der Waals surface area contributed by atoms with Gasteiger partial charge in [-0.2, -0.15) is 0 Å². The number of hydrogen-bond acceptors (Lipinski definition) is 4. The number of hydrogen-bond donors (Lipinski definition) is 1. The number of ether oxygens (including phenoxy) is 2. The minimum absolute atomic E-state index is 0.143. The number of nitrogens with one attached hydrogen (secondary N) is 1. The molecule has 2 rings (SSSR count). The Hall–Kier alpha value is -2.66. The number of anilines is 1. The summed E-state index contributed by atoms with van der Waals surface area (Å²) in [6, 6.07) is 14.7. The maximum Gasteiger partial charge on any atom is 0.338 e. The second-order valence-corrected chi connectivity index (χ2v) is 7.49. The molecule has 0 fully saturated rings. The van der Waals surface area contributed by atoms with Gasteiger partial charge in [0.2, 0.25) is 0 Å². The highest BCUT2D eigenvalue weighted by atomic mass is 16.5. The van der Waals surface area contributed by atoms with E-state index in [1.807, 2.05) is 50.2 Å². The first-order chi connectivity index (χ1) is 13.8. The van der Waals surface area contributed by atoms with E-state index < -0.39 is 12.1 Å². The molecule has 0 aliphatic rings. The molecule has 156 valence electrons. The van der Waals surface area contributed by atoms with Gasteiger partial charge in [-0.1, -0.05) is 44.2 Å². The van der Waals surface area contributed by atoms with Crippen LogP contribution in [0.2, 0.25) is 0 Å². The van der Waals surface area contributed by atoms with Gasteiger partial charge in [0.15, 0.2) is 6.10 Å². The van der Waals surface area contributed by atoms with E-state index in [0.29, 0.717) is 18.1 Å². The summed E-state index contributed by atoms with van der Waals surface area (Å²) in [5.74, 6) is -0.558. The Balaban J connectivity index is 1.96. The summed E-state index contributed by atoms with van der Waals surface area (Å²) in [4.78, 5) is 24.9. The van der Waals surface area contributed by atoms with E-state index in [9.17, 15) is 9.59 Å². The summed E-state index contributed by atoms with van der Waals surface area (Å²) < 4.78 is 10.9. The predicted molar refractivity (Wildman–Crippen MR) is 115 cm³/mol. The molecule has 5 nitrogen and oxygen atoms in total. The van der Waals surface area contributed by atoms with Crippen molar-refractivity contribution in [2.75, 3.05) is 5.32 Å². The maximum absolute atomic E-state index is 12.5. The number of esters is 1. The van der Waals surface area contributed by atoms with Crippen molar-refractivity contribution in [1.82, 2.24) is 0 Å². The van der Waals surface area contributed by atoms with Crippen molar-refractivity contribution in [3.05, 3.63) is 65.2 Å². The zero-order valence-electron chi connectivity index (χ0n) is 17.9. The summed E-state index contributed by atoms with van der Waals surface area (Å²) in [6.45, 7) is 10.2. The lowest BCUT2D eigenvalue weighted by molar-refractivity contribution is -0.123. The molecule has 2 aromatic rings. The fraction of sp³-hybridized carbons (Fsp3) is 0.417. The molecular formula is C24H31NO4. The molecule has 0 spiro atoms. The minimum atomic E-state index is -0.906. The van der Waals surface area contributed by atoms with Gasteiger partial charge < -0.3 is 14.8 Å². The van der Waals surface area contributed by atoms with Crippen molar-refractivity contribution in [3.8, 4) is 0 Å². The van der Waals surface area contributed by atoms with Crippen LogP contribution in [0.3, 0.4) is 0 Å². The normalized spacial score (nSPS) is 13.0. The van der Waals surface area contributed by atoms with Crippen molar-refractivity contribution in [2.24, 2.45) is 0 Å². The highest BCUT2D eigenvalue weighted by molar-refractivity contribution is 5.97. The first kappa shape index (κ1) is 22.6. The number of benzene rings is 2. The molecule has 0 radical (unpaired) electrons. The van der Waals surface area contributed by atoms with Crippen molar-refractivity contribution >= 4 is 17.6 Å². The highest BCUT2D eigenvalue weighted by Gasteiger charge is 2.20. The van der Waals surface area contributed by atoms with Gasteiger partial charge >= 0.3 is 5.97 Å². The highest BCUT2D eigenvalue weighted by Crippen LogP contribution is 2.26. The first-order valence-corrected chi connectivity index (χ1v) is 10.1. The van der Waals surface area contributed by atoms with Gasteiger partial charge in [0.25, 0.3) is 5.91 Å². The Kier molecular flexibility index (Phi) is 8.40. The lowest BCUT2D eigenvalue weighted by Gasteiger charge is -2.18. The van der Waals surface area contributed by atoms with Crippen molar-refractivity contribution in [3.63, 3.8) is 0 Å². The van der Waals surface area contributed by atoms with Crippen LogP contribution in [-0.2, 0) is 20.9 Å². The van der Waals surface area contributed by atoms with Crippen molar-refractivity contribution in [2.45, 2.75) is 65.8 Å². The van der Waals surface area contributed by atoms with E-state index in [0.717, 1.165) is 23.2 Å². The number of carbonyl (C=O) groups excluding carboxylic acids is 2. The average molecular weight is 398 g/mol. The fourth-order valence-electron chi connectivity index (χ4n) is 2.78. The summed E-state index contributed by atoms with van der Waals surface area (Å²) in [5.41, 5.74) is 3.20. The van der Waals surface area contributed by atoms with E-state index in [1.54, 1.807) is 19.1 Å². The van der Waals surface area contributed by atoms with Gasteiger partial charge in [-0.25, -0.2) is 4.79 Å². The second kappa shape index (κ2) is 10.8. The van der Waals surface area contributed by atoms with Crippen LogP contribution in [0.25, 0.3) is 0 Å². The van der Waals surface area contributed by atoms with Gasteiger partial charge in [0.1, 0.15) is 0 Å². The quantitative estimate of drug-likeness (QED) is 0.583. The Labute approximate surface area is 173 Å². The molecule has 0 heterocycles. The van der Waals surface area contributed by atoms with Crippen LogP contribution in [0, 0.1) is 0 Å². The third-order valence-corrected chi connectivity index (χ3v) is 4.79. The van der Waals surface area contributed by atoms with E-state index in [1.165, 1.54) is 0 Å². The molecule has 0 saturated carbocycles. The summed E-state index contributed by atoms with van der Waals surface area (Å²) in [5, 5.41) is 2.89. The first-order valence-electron chi connectivity index (χ1n) is 10.1. The second-order valence-electron chi connectivity index (χ2n) is 7.49. The largest absolute Gasteiger partial charge is 0.449 e. The van der Waals surface area contributed by atoms with Crippen molar-refractivity contribution < 1.29 is 19.1 Å². The molecule has 0 bridgehead atoms. The zero-order chi connectivity index (χ0) is 21.4. The lowest BCUT2D eigenvalue weighted by Crippen LogP contribution is -2.30. The molecule has 0 aliphatic carbocycles. The summed E-state index contributed by atoms with van der Waals surface area (Å²) >= 11 is 0. The molecule has 0 unspecified atom stereocenters. The SMILES string of the molecule is CC[C@@H](C)c1ccccc1NC(=O)[C@@H](C)OC(=O)c1ccc(COC(C)C)cc1. The van der Waals surface area contributed by atoms with Gasteiger partial charge in [-0.3, -0.25) is 4.79 Å². The molecule has 1 amide bonds. The van der Waals surface area contributed by atoms with Gasteiger partial charge in [0, 0.05) is 5.69 Å². The van der Waals surface area contributed by atoms with Crippen LogP contribution in [0.5, 0.6) is 0 Å². The van der Waals surface area contributed by atoms with E-state index in [2.05, 4.69) is 19.2 Å². The predicted octanol–water partition coefficient (Wildman–Crippen LogP) is 5.31. The molecule has 1 N–H and O–H groups in total. The van der Waals surface area contributed by atoms with E-state index in [-0.39, 0.29) is 12.0 Å². The third kappa shape index (κ3) is 6.71. The molecule has 0 aliphatic heterocycles. The van der Waals surface area contributed by atoms with Gasteiger partial charge in [-0.15, -0.1) is 0 Å². The average Bonchev–Trinajstić information content (AvgIpc) is 2.72. The molecule has 0 aromatic heterocycles. The van der Waals surface area contributed by atoms with Crippen LogP contribution >= 0.6 is 0 Å². The van der Waals surface area contributed by atoms with Crippen LogP contribution in [0.1, 0.15) is 68.4 Å². The van der Waals surface area contributed by atoms with Crippen molar-refractivity contribution in [1.29, 1.82) is 0 Å². The van der Waals surface area contributed by atoms with Crippen LogP contribution in [-0.4, -0.2) is 24.1 Å². The monoisotopic (exact) mass is 397 g/mol. The Bertz CT molecular complexity index is 814. The standard InChI is InChI=1S/C24H31NO4/c1-6-17(4)21-9-7-8-10-22(21)25-23(26)18(5)29-24(27)20-13-11-19(12-14-20)15-28-16(2)3/h7-14,16-18H,6,15H2,1-5H3,(H,25,26)/t17-,18-/m1/s1. The molecule has 0 saturated heterocycles. The Morgan fingerprint density at radius 2 is 1.62 bits per heavy atom. The Morgan fingerprint density at radius 1 is 0.966 bits per heavy atom. The molecule has 2 atom stereocenters. The number of carbonyl (C=O) groups is 2. The number of para-hydroxylation sites is 1. The fourth-order valence-corrected chi connectivity index (χ4v) is 2.78. The van der Waals surface area contributed by atoms with Gasteiger partial charge in [-0.05, 0) is 62.4 Å². The molecule has 2 aromatic carbocycles. The van der Waals surface area contributed by atoms with Gasteiger partial charge in [0.05, 0.1) is 18.3 Å². The molecule has 5 heteroatoms. The zero-order valence-corrected chi connectivity index (χ0v) is 17.9. The maximum atomic E-state index is 12.5. The van der Waals surface area contributed by atoms with Crippen LogP contribution in [0.15, 0.2) is 48.5 Å². The summed E-state index contributed by atoms with van der Waals surface area (Å²) in [6.07, 6.45) is 0.205. The Morgan fingerprint density at radius 3 is 2.24 bits per heavy atom. The molecular weight excluding hydrogens is 366 g/mol. The smallest absolute Gasteiger partial charge is 0.338 e. The van der Waals surface area contributed by atoms with Crippen LogP contribution in [0.4, 0.5) is 5.69 Å². The lowest BCUT2D eigenvalue weighted by atomic mass is 9.97. The topological polar surface area (TPSA) is 64.6 Å². The molecule has 29 heavy (non-hydrogen) atoms. The van der Waals surface area contributed by atoms with E-state index in [4.69, 9.17) is 9.47 Å². The summed E-state index contributed by atoms with van der Waals surface area (Å²) in [7, 11) is 0. The minimum Gasteiger partial charge on any atom is -0.449 e.